The largest absolute Gasteiger partial charge is 0.481 e. The van der Waals surface area contributed by atoms with E-state index in [0.717, 1.165) is 34.1 Å². The zero-order chi connectivity index (χ0) is 22.3. The van der Waals surface area contributed by atoms with Crippen LogP contribution in [0.3, 0.4) is 0 Å². The Labute approximate surface area is 176 Å². The minimum absolute atomic E-state index is 0.154. The number of amides is 1. The van der Waals surface area contributed by atoms with Gasteiger partial charge in [-0.2, -0.15) is 23.4 Å². The molecule has 164 valence electrons. The molecule has 0 spiro atoms. The first-order valence-electron chi connectivity index (χ1n) is 9.68. The Morgan fingerprint density at radius 1 is 1.23 bits per heavy atom. The van der Waals surface area contributed by atoms with E-state index in [1.165, 1.54) is 14.2 Å². The van der Waals surface area contributed by atoms with Crippen molar-refractivity contribution < 1.29 is 22.7 Å². The normalized spacial score (nSPS) is 16.1. The van der Waals surface area contributed by atoms with Crippen LogP contribution in [0.25, 0.3) is 11.3 Å². The number of carbonyl (C=O) groups excluding carboxylic acids is 1. The molecule has 1 aliphatic heterocycles. The molecule has 1 amide bonds. The van der Waals surface area contributed by atoms with Gasteiger partial charge < -0.3 is 10.1 Å². The van der Waals surface area contributed by atoms with Gasteiger partial charge in [0.1, 0.15) is 5.69 Å². The van der Waals surface area contributed by atoms with Crippen LogP contribution in [-0.4, -0.2) is 37.6 Å². The second kappa shape index (κ2) is 7.71. The molecule has 0 saturated heterocycles. The number of aryl methyl sites for hydroxylation is 3. The monoisotopic (exact) mass is 434 g/mol. The zero-order valence-electron chi connectivity index (χ0n) is 17.2. The first-order valence-corrected chi connectivity index (χ1v) is 9.68. The maximum absolute atomic E-state index is 12.9. The van der Waals surface area contributed by atoms with Crippen molar-refractivity contribution >= 4 is 5.91 Å². The number of halogens is 3. The van der Waals surface area contributed by atoms with E-state index in [-0.39, 0.29) is 11.7 Å². The van der Waals surface area contributed by atoms with Gasteiger partial charge in [0.15, 0.2) is 5.69 Å². The molecule has 1 aliphatic rings. The van der Waals surface area contributed by atoms with Crippen LogP contribution in [0.4, 0.5) is 13.2 Å². The van der Waals surface area contributed by atoms with Crippen LogP contribution < -0.4 is 10.1 Å². The summed E-state index contributed by atoms with van der Waals surface area (Å²) >= 11 is 0. The number of fused-ring (bicyclic) bond motifs is 1. The molecule has 11 heteroatoms. The number of nitrogens with zero attached hydrogens (tertiary/aromatic N) is 5. The fourth-order valence-electron chi connectivity index (χ4n) is 3.71. The fraction of sp³-hybridized carbons (Fsp3) is 0.400. The Kier molecular flexibility index (Phi) is 5.19. The molecular weight excluding hydrogens is 413 g/mol. The molecule has 0 aliphatic carbocycles. The average molecular weight is 434 g/mol. The van der Waals surface area contributed by atoms with Gasteiger partial charge in [0.05, 0.1) is 24.5 Å². The third-order valence-electron chi connectivity index (χ3n) is 5.17. The van der Waals surface area contributed by atoms with Gasteiger partial charge in [-0.05, 0) is 31.9 Å². The van der Waals surface area contributed by atoms with Gasteiger partial charge in [-0.3, -0.25) is 14.2 Å². The van der Waals surface area contributed by atoms with Crippen molar-refractivity contribution in [2.24, 2.45) is 7.05 Å². The number of rotatable bonds is 4. The first kappa shape index (κ1) is 20.9. The number of methoxy groups -OCH3 is 1. The van der Waals surface area contributed by atoms with Crippen LogP contribution in [0.15, 0.2) is 24.3 Å². The standard InChI is InChI=1S/C20H21F3N6O2/c1-11-7-12(8-18(24-11)31-3)14-9-15-13(5-4-6-29(15)26-14)25-19(30)16-10-17(20(21,22)23)27-28(16)2/h7-10,13H,4-6H2,1-3H3,(H,25,30)/t13-/m1/s1. The highest BCUT2D eigenvalue weighted by atomic mass is 19.4. The second-order valence-electron chi connectivity index (χ2n) is 7.42. The Hall–Kier alpha value is -3.37. The van der Waals surface area contributed by atoms with Gasteiger partial charge in [0.2, 0.25) is 5.88 Å². The predicted octanol–water partition coefficient (Wildman–Crippen LogP) is 3.28. The number of hydrogen-bond donors (Lipinski definition) is 1. The lowest BCUT2D eigenvalue weighted by Crippen LogP contribution is -2.33. The summed E-state index contributed by atoms with van der Waals surface area (Å²) in [5.74, 6) is -0.143. The van der Waals surface area contributed by atoms with Crippen molar-refractivity contribution in [2.75, 3.05) is 7.11 Å². The van der Waals surface area contributed by atoms with E-state index in [1.54, 1.807) is 6.07 Å². The van der Waals surface area contributed by atoms with Crippen LogP contribution in [0.5, 0.6) is 5.88 Å². The van der Waals surface area contributed by atoms with Gasteiger partial charge in [-0.1, -0.05) is 0 Å². The molecule has 0 saturated carbocycles. The highest BCUT2D eigenvalue weighted by molar-refractivity contribution is 5.93. The lowest BCUT2D eigenvalue weighted by Gasteiger charge is -2.24. The number of aromatic nitrogens is 5. The van der Waals surface area contributed by atoms with Gasteiger partial charge in [0.25, 0.3) is 5.91 Å². The summed E-state index contributed by atoms with van der Waals surface area (Å²) in [5.41, 5.74) is 1.86. The molecule has 31 heavy (non-hydrogen) atoms. The van der Waals surface area contributed by atoms with Crippen molar-refractivity contribution in [2.45, 2.75) is 38.5 Å². The summed E-state index contributed by atoms with van der Waals surface area (Å²) in [6.45, 7) is 2.54. The molecule has 3 aromatic heterocycles. The quantitative estimate of drug-likeness (QED) is 0.681. The summed E-state index contributed by atoms with van der Waals surface area (Å²) in [6.07, 6.45) is -3.19. The molecule has 1 N–H and O–H groups in total. The number of ether oxygens (including phenoxy) is 1. The van der Waals surface area contributed by atoms with Crippen molar-refractivity contribution in [1.82, 2.24) is 29.9 Å². The maximum atomic E-state index is 12.9. The smallest absolute Gasteiger partial charge is 0.435 e. The lowest BCUT2D eigenvalue weighted by atomic mass is 10.0. The molecule has 0 unspecified atom stereocenters. The first-order chi connectivity index (χ1) is 14.7. The van der Waals surface area contributed by atoms with E-state index < -0.39 is 17.8 Å². The summed E-state index contributed by atoms with van der Waals surface area (Å²) in [5, 5.41) is 10.9. The van der Waals surface area contributed by atoms with E-state index in [9.17, 15) is 18.0 Å². The number of nitrogens with one attached hydrogen (secondary N) is 1. The average Bonchev–Trinajstić information content (AvgIpc) is 3.31. The van der Waals surface area contributed by atoms with Crippen LogP contribution in [0.1, 0.15) is 46.5 Å². The summed E-state index contributed by atoms with van der Waals surface area (Å²) in [4.78, 5) is 17.0. The van der Waals surface area contributed by atoms with Crippen molar-refractivity contribution in [3.63, 3.8) is 0 Å². The Bertz CT molecular complexity index is 1130. The van der Waals surface area contributed by atoms with Gasteiger partial charge >= 0.3 is 6.18 Å². The number of hydrogen-bond acceptors (Lipinski definition) is 5. The molecule has 8 nitrogen and oxygen atoms in total. The molecule has 0 fully saturated rings. The lowest BCUT2D eigenvalue weighted by molar-refractivity contribution is -0.141. The third kappa shape index (κ3) is 4.12. The Morgan fingerprint density at radius 2 is 2.00 bits per heavy atom. The van der Waals surface area contributed by atoms with Crippen LogP contribution >= 0.6 is 0 Å². The van der Waals surface area contributed by atoms with Crippen LogP contribution in [0.2, 0.25) is 0 Å². The Morgan fingerprint density at radius 3 is 2.68 bits per heavy atom. The van der Waals surface area contributed by atoms with E-state index in [2.05, 4.69) is 20.5 Å². The zero-order valence-corrected chi connectivity index (χ0v) is 17.2. The fourth-order valence-corrected chi connectivity index (χ4v) is 3.71. The number of carbonyl (C=O) groups is 1. The molecule has 4 heterocycles. The summed E-state index contributed by atoms with van der Waals surface area (Å²) in [7, 11) is 2.85. The summed E-state index contributed by atoms with van der Waals surface area (Å²) < 4.78 is 46.7. The topological polar surface area (TPSA) is 86.9 Å². The van der Waals surface area contributed by atoms with E-state index in [0.29, 0.717) is 24.5 Å². The highest BCUT2D eigenvalue weighted by Crippen LogP contribution is 2.32. The summed E-state index contributed by atoms with van der Waals surface area (Å²) in [6, 6.07) is 5.93. The SMILES string of the molecule is COc1cc(-c2cc3n(n2)CCC[C@H]3NC(=O)c2cc(C(F)(F)F)nn2C)cc(C)n1. The molecule has 4 rings (SSSR count). The van der Waals surface area contributed by atoms with Crippen LogP contribution in [0, 0.1) is 6.92 Å². The highest BCUT2D eigenvalue weighted by Gasteiger charge is 2.36. The minimum atomic E-state index is -4.61. The number of pyridine rings is 1. The minimum Gasteiger partial charge on any atom is -0.481 e. The van der Waals surface area contributed by atoms with Crippen LogP contribution in [-0.2, 0) is 19.8 Å². The van der Waals surface area contributed by atoms with E-state index >= 15 is 0 Å². The molecule has 0 aromatic carbocycles. The third-order valence-corrected chi connectivity index (χ3v) is 5.17. The van der Waals surface area contributed by atoms with Crippen molar-refractivity contribution in [3.05, 3.63) is 47.0 Å². The van der Waals surface area contributed by atoms with E-state index in [4.69, 9.17) is 4.74 Å². The Balaban J connectivity index is 1.60. The molecule has 3 aromatic rings. The predicted molar refractivity (Wildman–Crippen MR) is 104 cm³/mol. The maximum Gasteiger partial charge on any atom is 0.435 e. The van der Waals surface area contributed by atoms with E-state index in [1.807, 2.05) is 23.7 Å². The van der Waals surface area contributed by atoms with Gasteiger partial charge in [-0.25, -0.2) is 4.98 Å². The van der Waals surface area contributed by atoms with Gasteiger partial charge in [0, 0.05) is 37.0 Å². The van der Waals surface area contributed by atoms with Gasteiger partial charge in [-0.15, -0.1) is 0 Å². The van der Waals surface area contributed by atoms with Crippen molar-refractivity contribution in [1.29, 1.82) is 0 Å². The second-order valence-corrected chi connectivity index (χ2v) is 7.42. The molecular formula is C20H21F3N6O2. The molecule has 0 radical (unpaired) electrons. The van der Waals surface area contributed by atoms with Crippen molar-refractivity contribution in [3.8, 4) is 17.1 Å². The molecule has 0 bridgehead atoms. The molecule has 1 atom stereocenters. The number of alkyl halides is 3.